The van der Waals surface area contributed by atoms with Gasteiger partial charge in [-0.25, -0.2) is 9.48 Å². The first-order chi connectivity index (χ1) is 8.49. The number of nitro benzene ring substituents is 1. The van der Waals surface area contributed by atoms with Crippen LogP contribution in [0.3, 0.4) is 0 Å². The zero-order chi connectivity index (χ0) is 13.3. The molecule has 0 aliphatic heterocycles. The summed E-state index contributed by atoms with van der Waals surface area (Å²) in [4.78, 5) is 20.6. The van der Waals surface area contributed by atoms with Crippen molar-refractivity contribution in [1.82, 2.24) is 9.78 Å². The Morgan fingerprint density at radius 1 is 1.33 bits per heavy atom. The van der Waals surface area contributed by atoms with Crippen molar-refractivity contribution >= 4 is 11.7 Å². The molecular weight excluding hydrogens is 242 g/mol. The van der Waals surface area contributed by atoms with Crippen LogP contribution in [0.4, 0.5) is 5.69 Å². The smallest absolute Gasteiger partial charge is 0.360 e. The molecule has 0 bridgehead atoms. The molecule has 8 heteroatoms. The summed E-state index contributed by atoms with van der Waals surface area (Å²) in [5.74, 6) is -1.82. The van der Waals surface area contributed by atoms with Crippen LogP contribution in [0.5, 0.6) is 5.75 Å². The summed E-state index contributed by atoms with van der Waals surface area (Å²) >= 11 is 0. The number of non-ortho nitro benzene ring substituents is 1. The Kier molecular flexibility index (Phi) is 2.68. The van der Waals surface area contributed by atoms with Gasteiger partial charge in [-0.1, -0.05) is 0 Å². The molecule has 2 N–H and O–H groups in total. The predicted octanol–water partition coefficient (Wildman–Crippen LogP) is 1.18. The highest BCUT2D eigenvalue weighted by atomic mass is 16.6. The van der Waals surface area contributed by atoms with Gasteiger partial charge in [-0.15, -0.1) is 0 Å². The molecular formula is C10H7N3O5. The molecule has 0 radical (unpaired) electrons. The Bertz CT molecular complexity index is 617. The minimum atomic E-state index is -1.35. The molecule has 0 fully saturated rings. The lowest BCUT2D eigenvalue weighted by atomic mass is 10.3. The van der Waals surface area contributed by atoms with E-state index in [9.17, 15) is 20.0 Å². The van der Waals surface area contributed by atoms with E-state index in [0.29, 0.717) is 5.69 Å². The Hall–Kier alpha value is -2.90. The van der Waals surface area contributed by atoms with Crippen molar-refractivity contribution in [2.75, 3.05) is 0 Å². The second-order valence-corrected chi connectivity index (χ2v) is 3.39. The van der Waals surface area contributed by atoms with Crippen molar-refractivity contribution in [3.05, 3.63) is 46.3 Å². The summed E-state index contributed by atoms with van der Waals surface area (Å²) in [7, 11) is 0. The molecule has 1 aromatic heterocycles. The largest absolute Gasteiger partial charge is 0.504 e. The number of hydrogen-bond acceptors (Lipinski definition) is 5. The van der Waals surface area contributed by atoms with E-state index in [1.54, 1.807) is 0 Å². The molecule has 0 aliphatic carbocycles. The molecule has 0 atom stereocenters. The fourth-order valence-corrected chi connectivity index (χ4v) is 1.38. The van der Waals surface area contributed by atoms with E-state index >= 15 is 0 Å². The third-order valence-corrected chi connectivity index (χ3v) is 2.22. The summed E-state index contributed by atoms with van der Waals surface area (Å²) in [5.41, 5.74) is -0.162. The summed E-state index contributed by atoms with van der Waals surface area (Å²) in [6.45, 7) is 0. The van der Waals surface area contributed by atoms with Gasteiger partial charge in [0.05, 0.1) is 16.8 Å². The molecule has 18 heavy (non-hydrogen) atoms. The van der Waals surface area contributed by atoms with Gasteiger partial charge >= 0.3 is 5.97 Å². The summed E-state index contributed by atoms with van der Waals surface area (Å²) in [5, 5.41) is 32.2. The van der Waals surface area contributed by atoms with Gasteiger partial charge in [-0.3, -0.25) is 10.1 Å². The number of hydrogen-bond donors (Lipinski definition) is 2. The molecule has 0 aliphatic rings. The summed E-state index contributed by atoms with van der Waals surface area (Å²) in [6, 6.07) is 5.31. The lowest BCUT2D eigenvalue weighted by Crippen LogP contribution is -2.01. The van der Waals surface area contributed by atoms with Gasteiger partial charge in [0.2, 0.25) is 5.69 Å². The SMILES string of the molecule is O=C(O)c1nn(-c2ccc([N+](=O)[O-])cc2)cc1O. The first-order valence-corrected chi connectivity index (χ1v) is 4.76. The Labute approximate surface area is 99.9 Å². The molecule has 0 spiro atoms. The number of carboxylic acid groups (broad SMARTS) is 1. The molecule has 2 rings (SSSR count). The van der Waals surface area contributed by atoms with Crippen LogP contribution in [-0.4, -0.2) is 30.9 Å². The third-order valence-electron chi connectivity index (χ3n) is 2.22. The number of aromatic nitrogens is 2. The van der Waals surface area contributed by atoms with Crippen LogP contribution in [0.2, 0.25) is 0 Å². The van der Waals surface area contributed by atoms with E-state index in [0.717, 1.165) is 10.9 Å². The van der Waals surface area contributed by atoms with Crippen molar-refractivity contribution in [3.8, 4) is 11.4 Å². The van der Waals surface area contributed by atoms with Crippen molar-refractivity contribution in [3.63, 3.8) is 0 Å². The predicted molar refractivity (Wildman–Crippen MR) is 58.8 cm³/mol. The molecule has 2 aromatic rings. The maximum Gasteiger partial charge on any atom is 0.360 e. The average Bonchev–Trinajstić information content (AvgIpc) is 2.71. The van der Waals surface area contributed by atoms with Crippen LogP contribution in [0.25, 0.3) is 5.69 Å². The first kappa shape index (κ1) is 11.6. The van der Waals surface area contributed by atoms with Gasteiger partial charge in [0.1, 0.15) is 0 Å². The molecule has 8 nitrogen and oxygen atoms in total. The van der Waals surface area contributed by atoms with Crippen LogP contribution >= 0.6 is 0 Å². The second kappa shape index (κ2) is 4.17. The molecule has 0 unspecified atom stereocenters. The van der Waals surface area contributed by atoms with Crippen molar-refractivity contribution in [1.29, 1.82) is 0 Å². The lowest BCUT2D eigenvalue weighted by molar-refractivity contribution is -0.384. The average molecular weight is 249 g/mol. The highest BCUT2D eigenvalue weighted by molar-refractivity contribution is 5.88. The maximum absolute atomic E-state index is 10.7. The first-order valence-electron chi connectivity index (χ1n) is 4.76. The number of carboxylic acids is 1. The number of nitrogens with zero attached hydrogens (tertiary/aromatic N) is 3. The van der Waals surface area contributed by atoms with Crippen molar-refractivity contribution < 1.29 is 19.9 Å². The molecule has 0 saturated heterocycles. The minimum absolute atomic E-state index is 0.0893. The van der Waals surface area contributed by atoms with Crippen molar-refractivity contribution in [2.45, 2.75) is 0 Å². The summed E-state index contributed by atoms with van der Waals surface area (Å²) in [6.07, 6.45) is 1.12. The quantitative estimate of drug-likeness (QED) is 0.622. The summed E-state index contributed by atoms with van der Waals surface area (Å²) < 4.78 is 1.13. The second-order valence-electron chi connectivity index (χ2n) is 3.39. The van der Waals surface area contributed by atoms with Crippen LogP contribution < -0.4 is 0 Å². The number of aromatic hydroxyl groups is 1. The zero-order valence-corrected chi connectivity index (χ0v) is 8.85. The Morgan fingerprint density at radius 2 is 1.94 bits per heavy atom. The van der Waals surface area contributed by atoms with Crippen LogP contribution in [0.1, 0.15) is 10.5 Å². The number of rotatable bonds is 3. The van der Waals surface area contributed by atoms with Crippen LogP contribution in [-0.2, 0) is 0 Å². The molecule has 0 amide bonds. The minimum Gasteiger partial charge on any atom is -0.504 e. The van der Waals surface area contributed by atoms with E-state index in [2.05, 4.69) is 5.10 Å². The topological polar surface area (TPSA) is 118 Å². The zero-order valence-electron chi connectivity index (χ0n) is 8.85. The van der Waals surface area contributed by atoms with E-state index in [4.69, 9.17) is 5.11 Å². The fraction of sp³-hybridized carbons (Fsp3) is 0. The van der Waals surface area contributed by atoms with Gasteiger partial charge in [-0.05, 0) is 12.1 Å². The third kappa shape index (κ3) is 1.98. The monoisotopic (exact) mass is 249 g/mol. The van der Waals surface area contributed by atoms with E-state index in [1.165, 1.54) is 24.3 Å². The number of benzene rings is 1. The van der Waals surface area contributed by atoms with Gasteiger partial charge in [0, 0.05) is 12.1 Å². The van der Waals surface area contributed by atoms with Gasteiger partial charge in [0.15, 0.2) is 5.75 Å². The molecule has 1 aromatic carbocycles. The van der Waals surface area contributed by atoms with Gasteiger partial charge in [-0.2, -0.15) is 5.10 Å². The Balaban J connectivity index is 2.40. The fourth-order valence-electron chi connectivity index (χ4n) is 1.38. The normalized spacial score (nSPS) is 10.2. The standard InChI is InChI=1S/C10H7N3O5/c14-8-5-12(11-9(8)10(15)16)6-1-3-7(4-2-6)13(17)18/h1-5,14H,(H,15,16). The number of aromatic carboxylic acids is 1. The molecule has 92 valence electrons. The molecule has 1 heterocycles. The Morgan fingerprint density at radius 3 is 2.39 bits per heavy atom. The maximum atomic E-state index is 10.7. The van der Waals surface area contributed by atoms with Crippen LogP contribution in [0, 0.1) is 10.1 Å². The van der Waals surface area contributed by atoms with E-state index in [-0.39, 0.29) is 5.69 Å². The molecule has 0 saturated carbocycles. The van der Waals surface area contributed by atoms with Crippen molar-refractivity contribution in [2.24, 2.45) is 0 Å². The highest BCUT2D eigenvalue weighted by Crippen LogP contribution is 2.19. The van der Waals surface area contributed by atoms with E-state index < -0.39 is 22.3 Å². The van der Waals surface area contributed by atoms with Crippen LogP contribution in [0.15, 0.2) is 30.5 Å². The highest BCUT2D eigenvalue weighted by Gasteiger charge is 2.16. The number of nitro groups is 1. The lowest BCUT2D eigenvalue weighted by Gasteiger charge is -1.99. The van der Waals surface area contributed by atoms with Gasteiger partial charge < -0.3 is 10.2 Å². The van der Waals surface area contributed by atoms with Gasteiger partial charge in [0.25, 0.3) is 5.69 Å². The van der Waals surface area contributed by atoms with E-state index in [1.807, 2.05) is 0 Å². The number of carbonyl (C=O) groups is 1.